The molecule has 1 atom stereocenters. The van der Waals surface area contributed by atoms with Crippen LogP contribution in [0.15, 0.2) is 53.5 Å². The van der Waals surface area contributed by atoms with Gasteiger partial charge in [0.2, 0.25) is 11.9 Å². The number of halogens is 1. The van der Waals surface area contributed by atoms with Crippen LogP contribution in [0.4, 0.5) is 5.95 Å². The molecule has 8 heteroatoms. The zero-order valence-corrected chi connectivity index (χ0v) is 14.7. The highest BCUT2D eigenvalue weighted by Crippen LogP contribution is 2.10. The van der Waals surface area contributed by atoms with Crippen LogP contribution in [0.1, 0.15) is 12.5 Å². The molecule has 1 unspecified atom stereocenters. The average molecular weight is 389 g/mol. The first-order chi connectivity index (χ1) is 11.6. The van der Waals surface area contributed by atoms with E-state index in [1.54, 1.807) is 21.9 Å². The van der Waals surface area contributed by atoms with E-state index >= 15 is 0 Å². The molecular formula is C16H17BrN6O. The van der Waals surface area contributed by atoms with Crippen molar-refractivity contribution in [3.8, 4) is 0 Å². The maximum absolute atomic E-state index is 12.2. The first-order valence-electron chi connectivity index (χ1n) is 7.52. The van der Waals surface area contributed by atoms with Crippen molar-refractivity contribution in [2.75, 3.05) is 5.32 Å². The van der Waals surface area contributed by atoms with Gasteiger partial charge in [-0.1, -0.05) is 37.3 Å². The molecule has 0 radical (unpaired) electrons. The van der Waals surface area contributed by atoms with Crippen molar-refractivity contribution < 1.29 is 4.79 Å². The summed E-state index contributed by atoms with van der Waals surface area (Å²) in [6.45, 7) is 2.94. The maximum Gasteiger partial charge on any atom is 0.248 e. The Morgan fingerprint density at radius 3 is 2.79 bits per heavy atom. The molecule has 7 nitrogen and oxygen atoms in total. The van der Waals surface area contributed by atoms with Gasteiger partial charge in [0.1, 0.15) is 6.33 Å². The number of aromatic nitrogens is 5. The van der Waals surface area contributed by atoms with E-state index in [9.17, 15) is 4.79 Å². The van der Waals surface area contributed by atoms with Crippen LogP contribution in [-0.4, -0.2) is 30.5 Å². The van der Waals surface area contributed by atoms with Gasteiger partial charge in [-0.05, 0) is 21.5 Å². The number of carbonyl (C=O) groups excluding carboxylic acids is 1. The summed E-state index contributed by atoms with van der Waals surface area (Å²) in [6.07, 6.45) is 5.13. The fourth-order valence-electron chi connectivity index (χ4n) is 2.23. The molecule has 0 saturated carbocycles. The molecule has 0 aliphatic carbocycles. The fraction of sp³-hybridized carbons (Fsp3) is 0.250. The van der Waals surface area contributed by atoms with Crippen molar-refractivity contribution in [3.63, 3.8) is 0 Å². The summed E-state index contributed by atoms with van der Waals surface area (Å²) in [5.41, 5.74) is 1.12. The zero-order chi connectivity index (χ0) is 16.9. The second-order valence-electron chi connectivity index (χ2n) is 5.52. The number of amides is 1. The predicted octanol–water partition coefficient (Wildman–Crippen LogP) is 2.56. The molecule has 0 saturated heterocycles. The Hall–Kier alpha value is -2.48. The van der Waals surface area contributed by atoms with Gasteiger partial charge in [-0.15, -0.1) is 5.10 Å². The van der Waals surface area contributed by atoms with Gasteiger partial charge in [0.05, 0.1) is 29.7 Å². The lowest BCUT2D eigenvalue weighted by molar-refractivity contribution is -0.119. The van der Waals surface area contributed by atoms with E-state index in [1.807, 2.05) is 43.5 Å². The summed E-state index contributed by atoms with van der Waals surface area (Å²) >= 11 is 3.34. The number of hydrogen-bond acceptors (Lipinski definition) is 4. The average Bonchev–Trinajstić information content (AvgIpc) is 3.17. The van der Waals surface area contributed by atoms with Crippen molar-refractivity contribution in [1.82, 2.24) is 24.5 Å². The Kier molecular flexibility index (Phi) is 5.05. The zero-order valence-electron chi connectivity index (χ0n) is 13.1. The first kappa shape index (κ1) is 16.4. The standard InChI is InChI=1S/C16H17BrN6O/c1-12(8-22-10-14(17)7-19-22)15(24)20-16-18-11-23(21-16)9-13-5-3-2-4-6-13/h2-7,10-12H,8-9H2,1H3,(H,20,21,24). The highest BCUT2D eigenvalue weighted by Gasteiger charge is 2.16. The second kappa shape index (κ2) is 7.39. The third-order valence-corrected chi connectivity index (χ3v) is 3.88. The highest BCUT2D eigenvalue weighted by atomic mass is 79.9. The molecular weight excluding hydrogens is 372 g/mol. The summed E-state index contributed by atoms with van der Waals surface area (Å²) in [6, 6.07) is 9.96. The molecule has 0 aliphatic heterocycles. The molecule has 3 rings (SSSR count). The molecule has 2 aromatic heterocycles. The number of nitrogens with zero attached hydrogens (tertiary/aromatic N) is 5. The SMILES string of the molecule is CC(Cn1cc(Br)cn1)C(=O)Nc1ncn(Cc2ccccc2)n1. The predicted molar refractivity (Wildman–Crippen MR) is 93.3 cm³/mol. The minimum absolute atomic E-state index is 0.140. The molecule has 0 bridgehead atoms. The van der Waals surface area contributed by atoms with Gasteiger partial charge in [0.25, 0.3) is 0 Å². The molecule has 1 amide bonds. The summed E-state index contributed by atoms with van der Waals surface area (Å²) in [4.78, 5) is 16.4. The Bertz CT molecular complexity index is 813. The number of anilines is 1. The van der Waals surface area contributed by atoms with E-state index in [0.717, 1.165) is 10.0 Å². The normalized spacial score (nSPS) is 12.1. The van der Waals surface area contributed by atoms with Crippen LogP contribution in [0.2, 0.25) is 0 Å². The second-order valence-corrected chi connectivity index (χ2v) is 6.44. The quantitative estimate of drug-likeness (QED) is 0.703. The number of carbonyl (C=O) groups is 1. The smallest absolute Gasteiger partial charge is 0.248 e. The minimum atomic E-state index is -0.252. The van der Waals surface area contributed by atoms with Crippen molar-refractivity contribution in [2.24, 2.45) is 5.92 Å². The van der Waals surface area contributed by atoms with Crippen LogP contribution in [0.25, 0.3) is 0 Å². The molecule has 0 spiro atoms. The van der Waals surface area contributed by atoms with Crippen molar-refractivity contribution in [2.45, 2.75) is 20.0 Å². The van der Waals surface area contributed by atoms with E-state index in [-0.39, 0.29) is 11.8 Å². The van der Waals surface area contributed by atoms with Crippen LogP contribution in [0, 0.1) is 5.92 Å². The van der Waals surface area contributed by atoms with Crippen molar-refractivity contribution >= 4 is 27.8 Å². The molecule has 1 N–H and O–H groups in total. The molecule has 1 aromatic carbocycles. The number of rotatable bonds is 6. The monoisotopic (exact) mass is 388 g/mol. The lowest BCUT2D eigenvalue weighted by Gasteiger charge is -2.10. The van der Waals surface area contributed by atoms with Gasteiger partial charge in [-0.3, -0.25) is 14.8 Å². The Morgan fingerprint density at radius 1 is 1.29 bits per heavy atom. The van der Waals surface area contributed by atoms with Crippen LogP contribution in [-0.2, 0) is 17.9 Å². The van der Waals surface area contributed by atoms with E-state index in [2.05, 4.69) is 36.4 Å². The molecule has 124 valence electrons. The van der Waals surface area contributed by atoms with Crippen LogP contribution in [0.3, 0.4) is 0 Å². The molecule has 3 aromatic rings. The maximum atomic E-state index is 12.2. The van der Waals surface area contributed by atoms with Crippen LogP contribution in [0.5, 0.6) is 0 Å². The highest BCUT2D eigenvalue weighted by molar-refractivity contribution is 9.10. The van der Waals surface area contributed by atoms with Crippen molar-refractivity contribution in [1.29, 1.82) is 0 Å². The molecule has 24 heavy (non-hydrogen) atoms. The van der Waals surface area contributed by atoms with Crippen molar-refractivity contribution in [3.05, 3.63) is 59.1 Å². The van der Waals surface area contributed by atoms with E-state index in [0.29, 0.717) is 19.0 Å². The van der Waals surface area contributed by atoms with E-state index in [4.69, 9.17) is 0 Å². The first-order valence-corrected chi connectivity index (χ1v) is 8.31. The summed E-state index contributed by atoms with van der Waals surface area (Å²) in [5.74, 6) is -0.0821. The molecule has 0 fully saturated rings. The van der Waals surface area contributed by atoms with Crippen LogP contribution >= 0.6 is 15.9 Å². The molecule has 0 aliphatic rings. The number of benzene rings is 1. The number of nitrogens with one attached hydrogen (secondary N) is 1. The Labute approximate surface area is 147 Å². The van der Waals surface area contributed by atoms with Gasteiger partial charge in [-0.2, -0.15) is 5.10 Å². The minimum Gasteiger partial charge on any atom is -0.293 e. The summed E-state index contributed by atoms with van der Waals surface area (Å²) in [7, 11) is 0. The fourth-order valence-corrected chi connectivity index (χ4v) is 2.56. The number of hydrogen-bond donors (Lipinski definition) is 1. The van der Waals surface area contributed by atoms with Gasteiger partial charge >= 0.3 is 0 Å². The third-order valence-electron chi connectivity index (χ3n) is 3.47. The van der Waals surface area contributed by atoms with Crippen LogP contribution < -0.4 is 5.32 Å². The largest absolute Gasteiger partial charge is 0.293 e. The summed E-state index contributed by atoms with van der Waals surface area (Å²) < 4.78 is 4.30. The molecule has 2 heterocycles. The Morgan fingerprint density at radius 2 is 2.08 bits per heavy atom. The van der Waals surface area contributed by atoms with Gasteiger partial charge in [0, 0.05) is 6.20 Å². The lowest BCUT2D eigenvalue weighted by atomic mass is 10.1. The third kappa shape index (κ3) is 4.29. The topological polar surface area (TPSA) is 77.6 Å². The van der Waals surface area contributed by atoms with Gasteiger partial charge in [-0.25, -0.2) is 9.67 Å². The van der Waals surface area contributed by atoms with Gasteiger partial charge < -0.3 is 0 Å². The summed E-state index contributed by atoms with van der Waals surface area (Å²) in [5, 5.41) is 11.2. The van der Waals surface area contributed by atoms with E-state index < -0.39 is 0 Å². The lowest BCUT2D eigenvalue weighted by Crippen LogP contribution is -2.25. The van der Waals surface area contributed by atoms with E-state index in [1.165, 1.54) is 0 Å². The Balaban J connectivity index is 1.56. The van der Waals surface area contributed by atoms with Gasteiger partial charge in [0.15, 0.2) is 0 Å².